The van der Waals surface area contributed by atoms with E-state index in [0.717, 1.165) is 36.6 Å². The molecule has 0 amide bonds. The first kappa shape index (κ1) is 14.2. The number of aromatic nitrogens is 3. The SMILES string of the molecule is CN1CCC(Cn2c(CC3CCCN3)nc3cccnc32)C1. The van der Waals surface area contributed by atoms with Gasteiger partial charge in [-0.25, -0.2) is 9.97 Å². The fourth-order valence-electron chi connectivity index (χ4n) is 3.94. The Balaban J connectivity index is 1.63. The normalized spacial score (nSPS) is 26.2. The Labute approximate surface area is 131 Å². The quantitative estimate of drug-likeness (QED) is 0.933. The molecular formula is C17H25N5. The fraction of sp³-hybridized carbons (Fsp3) is 0.647. The molecule has 5 heteroatoms. The number of pyridine rings is 1. The summed E-state index contributed by atoms with van der Waals surface area (Å²) in [4.78, 5) is 11.9. The molecule has 0 radical (unpaired) electrons. The van der Waals surface area contributed by atoms with Crippen molar-refractivity contribution in [2.24, 2.45) is 5.92 Å². The lowest BCUT2D eigenvalue weighted by molar-refractivity contribution is 0.376. The molecule has 2 unspecified atom stereocenters. The molecule has 0 aromatic carbocycles. The Morgan fingerprint density at radius 3 is 3.09 bits per heavy atom. The first-order valence-electron chi connectivity index (χ1n) is 8.51. The first-order valence-corrected chi connectivity index (χ1v) is 8.51. The summed E-state index contributed by atoms with van der Waals surface area (Å²) in [7, 11) is 2.22. The van der Waals surface area contributed by atoms with Gasteiger partial charge in [-0.05, 0) is 57.5 Å². The van der Waals surface area contributed by atoms with Crippen LogP contribution in [-0.4, -0.2) is 52.2 Å². The summed E-state index contributed by atoms with van der Waals surface area (Å²) in [5.74, 6) is 1.93. The van der Waals surface area contributed by atoms with E-state index in [1.807, 2.05) is 12.3 Å². The minimum absolute atomic E-state index is 0.585. The predicted octanol–water partition coefficient (Wildman–Crippen LogP) is 1.68. The standard InChI is InChI=1S/C17H25N5/c1-21-9-6-13(11-21)12-22-16(10-14-4-2-7-18-14)20-15-5-3-8-19-17(15)22/h3,5,8,13-14,18H,2,4,6-7,9-12H2,1H3. The number of fused-ring (bicyclic) bond motifs is 1. The summed E-state index contributed by atoms with van der Waals surface area (Å²) in [6.45, 7) is 4.61. The van der Waals surface area contributed by atoms with Gasteiger partial charge in [0.25, 0.3) is 0 Å². The summed E-state index contributed by atoms with van der Waals surface area (Å²) in [5.41, 5.74) is 2.10. The van der Waals surface area contributed by atoms with Gasteiger partial charge in [-0.3, -0.25) is 0 Å². The van der Waals surface area contributed by atoms with Crippen molar-refractivity contribution in [2.75, 3.05) is 26.7 Å². The molecule has 2 aromatic rings. The van der Waals surface area contributed by atoms with E-state index < -0.39 is 0 Å². The van der Waals surface area contributed by atoms with Crippen LogP contribution in [0.5, 0.6) is 0 Å². The second kappa shape index (κ2) is 5.97. The number of hydrogen-bond donors (Lipinski definition) is 1. The molecular weight excluding hydrogens is 274 g/mol. The number of likely N-dealkylation sites (tertiary alicyclic amines) is 1. The van der Waals surface area contributed by atoms with E-state index in [2.05, 4.69) is 32.9 Å². The largest absolute Gasteiger partial charge is 0.314 e. The predicted molar refractivity (Wildman–Crippen MR) is 87.9 cm³/mol. The average molecular weight is 299 g/mol. The van der Waals surface area contributed by atoms with Gasteiger partial charge in [0.05, 0.1) is 0 Å². The number of hydrogen-bond acceptors (Lipinski definition) is 4. The Kier molecular flexibility index (Phi) is 3.84. The summed E-state index contributed by atoms with van der Waals surface area (Å²) in [6, 6.07) is 4.66. The smallest absolute Gasteiger partial charge is 0.159 e. The Morgan fingerprint density at radius 2 is 2.32 bits per heavy atom. The van der Waals surface area contributed by atoms with Gasteiger partial charge in [-0.1, -0.05) is 0 Å². The lowest BCUT2D eigenvalue weighted by atomic mass is 10.1. The molecule has 1 N–H and O–H groups in total. The topological polar surface area (TPSA) is 46.0 Å². The lowest BCUT2D eigenvalue weighted by Crippen LogP contribution is -2.26. The maximum atomic E-state index is 4.88. The van der Waals surface area contributed by atoms with Crippen LogP contribution in [0.15, 0.2) is 18.3 Å². The van der Waals surface area contributed by atoms with Gasteiger partial charge < -0.3 is 14.8 Å². The van der Waals surface area contributed by atoms with Gasteiger partial charge in [-0.15, -0.1) is 0 Å². The Bertz CT molecular complexity index is 644. The monoisotopic (exact) mass is 299 g/mol. The molecule has 0 saturated carbocycles. The van der Waals surface area contributed by atoms with Gasteiger partial charge >= 0.3 is 0 Å². The minimum Gasteiger partial charge on any atom is -0.314 e. The van der Waals surface area contributed by atoms with Crippen molar-refractivity contribution in [3.05, 3.63) is 24.2 Å². The molecule has 22 heavy (non-hydrogen) atoms. The van der Waals surface area contributed by atoms with E-state index in [-0.39, 0.29) is 0 Å². The maximum Gasteiger partial charge on any atom is 0.159 e. The number of imidazole rings is 1. The molecule has 5 nitrogen and oxygen atoms in total. The highest BCUT2D eigenvalue weighted by molar-refractivity contribution is 5.71. The van der Waals surface area contributed by atoms with Crippen molar-refractivity contribution in [3.8, 4) is 0 Å². The summed E-state index contributed by atoms with van der Waals surface area (Å²) < 4.78 is 2.39. The first-order chi connectivity index (χ1) is 10.8. The zero-order valence-electron chi connectivity index (χ0n) is 13.3. The molecule has 0 spiro atoms. The van der Waals surface area contributed by atoms with Crippen molar-refractivity contribution < 1.29 is 0 Å². The van der Waals surface area contributed by atoms with Crippen LogP contribution >= 0.6 is 0 Å². The number of nitrogens with zero attached hydrogens (tertiary/aromatic N) is 4. The van der Waals surface area contributed by atoms with Gasteiger partial charge in [0, 0.05) is 31.7 Å². The molecule has 4 heterocycles. The fourth-order valence-corrected chi connectivity index (χ4v) is 3.94. The third-order valence-corrected chi connectivity index (χ3v) is 5.10. The van der Waals surface area contributed by atoms with Crippen LogP contribution in [-0.2, 0) is 13.0 Å². The van der Waals surface area contributed by atoms with Crippen LogP contribution in [0.25, 0.3) is 11.2 Å². The highest BCUT2D eigenvalue weighted by atomic mass is 15.2. The summed E-state index contributed by atoms with van der Waals surface area (Å²) in [5, 5.41) is 3.60. The third-order valence-electron chi connectivity index (χ3n) is 5.10. The van der Waals surface area contributed by atoms with E-state index >= 15 is 0 Å². The maximum absolute atomic E-state index is 4.88. The molecule has 4 rings (SSSR count). The Hall–Kier alpha value is -1.46. The molecule has 2 fully saturated rings. The van der Waals surface area contributed by atoms with E-state index in [9.17, 15) is 0 Å². The lowest BCUT2D eigenvalue weighted by Gasteiger charge is -2.16. The zero-order valence-corrected chi connectivity index (χ0v) is 13.3. The third kappa shape index (κ3) is 2.75. The number of nitrogens with one attached hydrogen (secondary N) is 1. The van der Waals surface area contributed by atoms with Crippen molar-refractivity contribution in [1.82, 2.24) is 24.8 Å². The van der Waals surface area contributed by atoms with E-state index in [1.54, 1.807) is 0 Å². The van der Waals surface area contributed by atoms with Gasteiger partial charge in [0.2, 0.25) is 0 Å². The molecule has 2 aliphatic heterocycles. The van der Waals surface area contributed by atoms with Crippen LogP contribution in [0, 0.1) is 5.92 Å². The second-order valence-electron chi connectivity index (χ2n) is 6.90. The van der Waals surface area contributed by atoms with Gasteiger partial charge in [-0.2, -0.15) is 0 Å². The molecule has 2 saturated heterocycles. The highest BCUT2D eigenvalue weighted by Crippen LogP contribution is 2.22. The average Bonchev–Trinajstić information content (AvgIpc) is 3.23. The Morgan fingerprint density at radius 1 is 1.36 bits per heavy atom. The minimum atomic E-state index is 0.585. The summed E-state index contributed by atoms with van der Waals surface area (Å²) in [6.07, 6.45) is 6.75. The van der Waals surface area contributed by atoms with Crippen molar-refractivity contribution in [2.45, 2.75) is 38.3 Å². The van der Waals surface area contributed by atoms with Gasteiger partial charge in [0.15, 0.2) is 5.65 Å². The van der Waals surface area contributed by atoms with Crippen LogP contribution in [0.2, 0.25) is 0 Å². The number of rotatable bonds is 4. The molecule has 2 aromatic heterocycles. The zero-order chi connectivity index (χ0) is 14.9. The van der Waals surface area contributed by atoms with Crippen LogP contribution in [0.4, 0.5) is 0 Å². The van der Waals surface area contributed by atoms with Crippen LogP contribution in [0.3, 0.4) is 0 Å². The van der Waals surface area contributed by atoms with Crippen molar-refractivity contribution >= 4 is 11.2 Å². The molecule has 2 aliphatic rings. The summed E-state index contributed by atoms with van der Waals surface area (Å²) >= 11 is 0. The van der Waals surface area contributed by atoms with Crippen LogP contribution in [0.1, 0.15) is 25.1 Å². The van der Waals surface area contributed by atoms with Crippen LogP contribution < -0.4 is 5.32 Å². The van der Waals surface area contributed by atoms with Gasteiger partial charge in [0.1, 0.15) is 11.3 Å². The van der Waals surface area contributed by atoms with E-state index in [0.29, 0.717) is 6.04 Å². The molecule has 118 valence electrons. The van der Waals surface area contributed by atoms with Crippen molar-refractivity contribution in [1.29, 1.82) is 0 Å². The second-order valence-corrected chi connectivity index (χ2v) is 6.90. The van der Waals surface area contributed by atoms with Crippen molar-refractivity contribution in [3.63, 3.8) is 0 Å². The molecule has 0 bridgehead atoms. The molecule has 2 atom stereocenters. The van der Waals surface area contributed by atoms with E-state index in [4.69, 9.17) is 4.98 Å². The highest BCUT2D eigenvalue weighted by Gasteiger charge is 2.24. The molecule has 0 aliphatic carbocycles. The van der Waals surface area contributed by atoms with E-state index in [1.165, 1.54) is 38.2 Å².